The molecular formula is C11H14FNOS. The molecule has 15 heavy (non-hydrogen) atoms. The zero-order chi connectivity index (χ0) is 11.1. The number of benzene rings is 1. The number of Topliss-reactive ketones (excluding diaryl/α,β-unsaturated/α-hetero) is 1. The maximum absolute atomic E-state index is 12.0. The number of alkyl halides is 1. The van der Waals surface area contributed by atoms with Gasteiger partial charge in [0, 0.05) is 16.2 Å². The first-order valence-corrected chi connectivity index (χ1v) is 5.73. The molecule has 1 rings (SSSR count). The highest BCUT2D eigenvalue weighted by atomic mass is 32.2. The molecule has 0 saturated heterocycles. The van der Waals surface area contributed by atoms with Crippen molar-refractivity contribution in [2.75, 3.05) is 26.0 Å². The number of hydrogen-bond acceptors (Lipinski definition) is 3. The van der Waals surface area contributed by atoms with Crippen molar-refractivity contribution in [3.05, 3.63) is 29.8 Å². The average Bonchev–Trinajstić information content (AvgIpc) is 2.27. The summed E-state index contributed by atoms with van der Waals surface area (Å²) in [7, 11) is 1.74. The molecule has 0 radical (unpaired) electrons. The second-order valence-corrected chi connectivity index (χ2v) is 4.19. The highest BCUT2D eigenvalue weighted by Crippen LogP contribution is 2.19. The van der Waals surface area contributed by atoms with Crippen LogP contribution in [0.1, 0.15) is 10.4 Å². The van der Waals surface area contributed by atoms with Crippen LogP contribution in [0, 0.1) is 0 Å². The lowest BCUT2D eigenvalue weighted by Gasteiger charge is -2.03. The summed E-state index contributed by atoms with van der Waals surface area (Å²) in [6.45, 7) is -0.0173. The molecule has 0 saturated carbocycles. The molecule has 4 heteroatoms. The minimum atomic E-state index is -0.348. The van der Waals surface area contributed by atoms with Gasteiger partial charge in [-0.1, -0.05) is 12.1 Å². The van der Waals surface area contributed by atoms with E-state index in [1.54, 1.807) is 19.2 Å². The van der Waals surface area contributed by atoms with Gasteiger partial charge < -0.3 is 5.32 Å². The highest BCUT2D eigenvalue weighted by molar-refractivity contribution is 7.99. The lowest BCUT2D eigenvalue weighted by Crippen LogP contribution is -2.18. The Balaban J connectivity index is 2.69. The molecular weight excluding hydrogens is 213 g/mol. The van der Waals surface area contributed by atoms with Gasteiger partial charge in [-0.2, -0.15) is 0 Å². The van der Waals surface area contributed by atoms with E-state index >= 15 is 0 Å². The molecule has 1 aromatic carbocycles. The highest BCUT2D eigenvalue weighted by Gasteiger charge is 2.04. The topological polar surface area (TPSA) is 29.1 Å². The molecule has 0 aliphatic rings. The Bertz CT molecular complexity index is 330. The third kappa shape index (κ3) is 4.01. The SMILES string of the molecule is CNCC(=O)c1cccc(SCCF)c1. The fraction of sp³-hybridized carbons (Fsp3) is 0.364. The predicted molar refractivity (Wildman–Crippen MR) is 61.4 cm³/mol. The van der Waals surface area contributed by atoms with Gasteiger partial charge in [0.2, 0.25) is 0 Å². The van der Waals surface area contributed by atoms with Gasteiger partial charge in [-0.05, 0) is 19.2 Å². The van der Waals surface area contributed by atoms with Crippen LogP contribution in [-0.2, 0) is 0 Å². The Morgan fingerprint density at radius 3 is 3.00 bits per heavy atom. The smallest absolute Gasteiger partial charge is 0.176 e. The van der Waals surface area contributed by atoms with Crippen molar-refractivity contribution in [3.63, 3.8) is 0 Å². The van der Waals surface area contributed by atoms with Gasteiger partial charge in [0.05, 0.1) is 13.2 Å². The third-order valence-electron chi connectivity index (χ3n) is 1.84. The number of hydrogen-bond donors (Lipinski definition) is 1. The predicted octanol–water partition coefficient (Wildman–Crippen LogP) is 2.15. The number of thioether (sulfide) groups is 1. The van der Waals surface area contributed by atoms with Crippen LogP contribution in [0.3, 0.4) is 0 Å². The van der Waals surface area contributed by atoms with Gasteiger partial charge in [0.15, 0.2) is 5.78 Å². The molecule has 82 valence electrons. The van der Waals surface area contributed by atoms with Crippen molar-refractivity contribution in [3.8, 4) is 0 Å². The molecule has 0 aliphatic heterocycles. The quantitative estimate of drug-likeness (QED) is 0.596. The number of nitrogens with one attached hydrogen (secondary N) is 1. The van der Waals surface area contributed by atoms with Crippen LogP contribution in [0.2, 0.25) is 0 Å². The van der Waals surface area contributed by atoms with Gasteiger partial charge in [-0.15, -0.1) is 11.8 Å². The number of carbonyl (C=O) groups excluding carboxylic acids is 1. The van der Waals surface area contributed by atoms with E-state index < -0.39 is 0 Å². The second-order valence-electron chi connectivity index (χ2n) is 3.02. The van der Waals surface area contributed by atoms with Crippen molar-refractivity contribution in [1.82, 2.24) is 5.32 Å². The molecule has 2 nitrogen and oxygen atoms in total. The summed E-state index contributed by atoms with van der Waals surface area (Å²) >= 11 is 1.42. The molecule has 0 spiro atoms. The minimum absolute atomic E-state index is 0.0557. The number of rotatable bonds is 6. The second kappa shape index (κ2) is 6.58. The van der Waals surface area contributed by atoms with Crippen molar-refractivity contribution in [2.45, 2.75) is 4.90 Å². The first kappa shape index (κ1) is 12.2. The van der Waals surface area contributed by atoms with E-state index in [1.165, 1.54) is 11.8 Å². The molecule has 0 heterocycles. The Kier molecular flexibility index (Phi) is 5.36. The summed E-state index contributed by atoms with van der Waals surface area (Å²) in [5.41, 5.74) is 0.674. The summed E-state index contributed by atoms with van der Waals surface area (Å²) in [6, 6.07) is 7.29. The van der Waals surface area contributed by atoms with Crippen LogP contribution in [0.25, 0.3) is 0 Å². The van der Waals surface area contributed by atoms with E-state index in [4.69, 9.17) is 0 Å². The van der Waals surface area contributed by atoms with Crippen molar-refractivity contribution < 1.29 is 9.18 Å². The normalized spacial score (nSPS) is 10.3. The molecule has 0 aromatic heterocycles. The van der Waals surface area contributed by atoms with Gasteiger partial charge in [-0.3, -0.25) is 9.18 Å². The Morgan fingerprint density at radius 1 is 1.53 bits per heavy atom. The average molecular weight is 227 g/mol. The number of carbonyl (C=O) groups is 1. The van der Waals surface area contributed by atoms with Crippen LogP contribution in [0.15, 0.2) is 29.2 Å². The van der Waals surface area contributed by atoms with Crippen LogP contribution < -0.4 is 5.32 Å². The van der Waals surface area contributed by atoms with E-state index in [0.717, 1.165) is 4.90 Å². The van der Waals surface area contributed by atoms with Gasteiger partial charge in [0.25, 0.3) is 0 Å². The third-order valence-corrected chi connectivity index (χ3v) is 2.78. The zero-order valence-electron chi connectivity index (χ0n) is 8.63. The Morgan fingerprint density at radius 2 is 2.33 bits per heavy atom. The zero-order valence-corrected chi connectivity index (χ0v) is 9.44. The molecule has 0 amide bonds. The molecule has 1 N–H and O–H groups in total. The number of likely N-dealkylation sites (N-methyl/N-ethyl adjacent to an activating group) is 1. The monoisotopic (exact) mass is 227 g/mol. The molecule has 0 fully saturated rings. The molecule has 1 aromatic rings. The summed E-state index contributed by atoms with van der Waals surface area (Å²) in [4.78, 5) is 12.5. The van der Waals surface area contributed by atoms with Crippen LogP contribution in [0.5, 0.6) is 0 Å². The van der Waals surface area contributed by atoms with Crippen LogP contribution in [0.4, 0.5) is 4.39 Å². The summed E-state index contributed by atoms with van der Waals surface area (Å²) in [5, 5.41) is 2.81. The summed E-state index contributed by atoms with van der Waals surface area (Å²) in [6.07, 6.45) is 0. The maximum Gasteiger partial charge on any atom is 0.176 e. The van der Waals surface area contributed by atoms with Gasteiger partial charge >= 0.3 is 0 Å². The molecule has 0 bridgehead atoms. The van der Waals surface area contributed by atoms with Crippen molar-refractivity contribution in [2.24, 2.45) is 0 Å². The van der Waals surface area contributed by atoms with E-state index in [9.17, 15) is 9.18 Å². The lowest BCUT2D eigenvalue weighted by atomic mass is 10.1. The van der Waals surface area contributed by atoms with Crippen molar-refractivity contribution >= 4 is 17.5 Å². The molecule has 0 atom stereocenters. The fourth-order valence-corrected chi connectivity index (χ4v) is 1.88. The van der Waals surface area contributed by atoms with E-state index in [0.29, 0.717) is 17.9 Å². The van der Waals surface area contributed by atoms with E-state index in [1.807, 2.05) is 12.1 Å². The Labute approximate surface area is 93.3 Å². The van der Waals surface area contributed by atoms with Crippen LogP contribution in [-0.4, -0.2) is 31.8 Å². The summed E-state index contributed by atoms with van der Waals surface area (Å²) < 4.78 is 12.0. The van der Waals surface area contributed by atoms with E-state index in [2.05, 4.69) is 5.32 Å². The molecule has 0 aliphatic carbocycles. The van der Waals surface area contributed by atoms with Gasteiger partial charge in [-0.25, -0.2) is 0 Å². The fourth-order valence-electron chi connectivity index (χ4n) is 1.18. The van der Waals surface area contributed by atoms with Crippen LogP contribution >= 0.6 is 11.8 Å². The lowest BCUT2D eigenvalue weighted by molar-refractivity contribution is 0.0993. The standard InChI is InChI=1S/C11H14FNOS/c1-13-8-11(14)9-3-2-4-10(7-9)15-6-5-12/h2-4,7,13H,5-6,8H2,1H3. The Hall–Kier alpha value is -0.870. The first-order chi connectivity index (χ1) is 7.27. The first-order valence-electron chi connectivity index (χ1n) is 4.74. The number of halogens is 1. The summed E-state index contributed by atoms with van der Waals surface area (Å²) in [5.74, 6) is 0.490. The minimum Gasteiger partial charge on any atom is -0.313 e. The molecule has 0 unspecified atom stereocenters. The number of ketones is 1. The van der Waals surface area contributed by atoms with Gasteiger partial charge in [0.1, 0.15) is 0 Å². The largest absolute Gasteiger partial charge is 0.313 e. The maximum atomic E-state index is 12.0. The van der Waals surface area contributed by atoms with E-state index in [-0.39, 0.29) is 12.5 Å². The van der Waals surface area contributed by atoms with Crippen molar-refractivity contribution in [1.29, 1.82) is 0 Å².